The Morgan fingerprint density at radius 3 is 1.64 bits per heavy atom. The van der Waals surface area contributed by atoms with Crippen LogP contribution in [0.1, 0.15) is 102 Å². The van der Waals surface area contributed by atoms with Crippen LogP contribution in [0.4, 0.5) is 0 Å². The third-order valence-corrected chi connectivity index (χ3v) is 14.4. The molecule has 1 aliphatic carbocycles. The topological polar surface area (TPSA) is 291 Å². The molecule has 21 unspecified atom stereocenters. The van der Waals surface area contributed by atoms with E-state index in [0.717, 1.165) is 0 Å². The summed E-state index contributed by atoms with van der Waals surface area (Å²) in [6.07, 6.45) is -18.3. The van der Waals surface area contributed by atoms with E-state index in [-0.39, 0.29) is 60.1 Å². The van der Waals surface area contributed by atoms with Gasteiger partial charge in [0, 0.05) is 37.7 Å². The molecule has 20 nitrogen and oxygen atoms in total. The molecule has 9 N–H and O–H groups in total. The molecule has 5 fully saturated rings. The van der Waals surface area contributed by atoms with Gasteiger partial charge >= 0.3 is 0 Å². The van der Waals surface area contributed by atoms with Gasteiger partial charge < -0.3 is 93.3 Å². The SMILES string of the molecule is Cc1c(OC2CC(OC3CC(O)C(O)C(C)O3)C(O)C(C)O2)cc2cc3c(c(O)c2c1O)C(=O)[C@@H](OC1CC(OC2CC(OC4CC(C)(O)C(O)C(C)O4)C(O)C(C)O2)C(O)C(C)O1)C(C)C3. The fraction of sp³-hybridized carbons (Fsp3) is 0.766. The first-order chi connectivity index (χ1) is 31.5. The van der Waals surface area contributed by atoms with E-state index in [2.05, 4.69) is 0 Å². The van der Waals surface area contributed by atoms with Crippen molar-refractivity contribution in [3.05, 3.63) is 28.8 Å². The summed E-state index contributed by atoms with van der Waals surface area (Å²) < 4.78 is 60.6. The van der Waals surface area contributed by atoms with Crippen molar-refractivity contribution in [1.82, 2.24) is 0 Å². The number of aromatic hydroxyl groups is 2. The average Bonchev–Trinajstić information content (AvgIpc) is 3.24. The van der Waals surface area contributed by atoms with Crippen LogP contribution in [0.5, 0.6) is 17.2 Å². The molecule has 20 heteroatoms. The van der Waals surface area contributed by atoms with Crippen molar-refractivity contribution in [1.29, 1.82) is 0 Å². The Morgan fingerprint density at radius 2 is 1.09 bits per heavy atom. The molecular weight excluding hydrogens is 884 g/mol. The van der Waals surface area contributed by atoms with Gasteiger partial charge in [-0.2, -0.15) is 0 Å². The summed E-state index contributed by atoms with van der Waals surface area (Å²) in [6, 6.07) is 3.35. The van der Waals surface area contributed by atoms with Crippen LogP contribution in [-0.2, 0) is 49.1 Å². The molecular formula is C47H68O20. The summed E-state index contributed by atoms with van der Waals surface area (Å²) in [5.74, 6) is -1.46. The number of carbonyl (C=O) groups excluding carboxylic acids is 1. The highest BCUT2D eigenvalue weighted by Crippen LogP contribution is 2.47. The quantitative estimate of drug-likeness (QED) is 0.163. The molecule has 0 aromatic heterocycles. The van der Waals surface area contributed by atoms with Crippen molar-refractivity contribution in [2.45, 2.75) is 223 Å². The van der Waals surface area contributed by atoms with E-state index in [1.807, 2.05) is 6.92 Å². The van der Waals surface area contributed by atoms with Crippen LogP contribution in [0.3, 0.4) is 0 Å². The molecule has 5 saturated heterocycles. The largest absolute Gasteiger partial charge is 0.507 e. The number of ether oxygens (including phenoxy) is 10. The summed E-state index contributed by atoms with van der Waals surface area (Å²) in [5, 5.41) is 98.3. The summed E-state index contributed by atoms with van der Waals surface area (Å²) in [5.41, 5.74) is -0.715. The molecule has 22 atom stereocenters. The summed E-state index contributed by atoms with van der Waals surface area (Å²) >= 11 is 0. The Labute approximate surface area is 388 Å². The van der Waals surface area contributed by atoms with E-state index in [0.29, 0.717) is 17.4 Å². The van der Waals surface area contributed by atoms with Crippen LogP contribution in [-0.4, -0.2) is 180 Å². The minimum atomic E-state index is -1.48. The predicted octanol–water partition coefficient (Wildman–Crippen LogP) is 1.44. The number of phenolic OH excluding ortho intramolecular Hbond substituents is 2. The second-order valence-corrected chi connectivity index (χ2v) is 19.8. The van der Waals surface area contributed by atoms with Gasteiger partial charge in [0.15, 0.2) is 30.9 Å². The van der Waals surface area contributed by atoms with E-state index in [1.165, 1.54) is 6.92 Å². The maximum atomic E-state index is 14.4. The van der Waals surface area contributed by atoms with Crippen molar-refractivity contribution in [3.63, 3.8) is 0 Å². The van der Waals surface area contributed by atoms with E-state index in [4.69, 9.17) is 47.4 Å². The molecule has 0 bridgehead atoms. The van der Waals surface area contributed by atoms with Crippen LogP contribution in [0.2, 0.25) is 0 Å². The van der Waals surface area contributed by atoms with Crippen molar-refractivity contribution in [3.8, 4) is 17.2 Å². The van der Waals surface area contributed by atoms with Crippen LogP contribution in [0.25, 0.3) is 10.8 Å². The maximum Gasteiger partial charge on any atom is 0.202 e. The highest BCUT2D eigenvalue weighted by atomic mass is 16.7. The van der Waals surface area contributed by atoms with Gasteiger partial charge in [-0.1, -0.05) is 6.92 Å². The Kier molecular flexibility index (Phi) is 14.9. The number of benzene rings is 2. The fourth-order valence-corrected chi connectivity index (χ4v) is 10.4. The van der Waals surface area contributed by atoms with Crippen molar-refractivity contribution >= 4 is 16.6 Å². The molecule has 5 aliphatic heterocycles. The Morgan fingerprint density at radius 1 is 0.612 bits per heavy atom. The zero-order valence-electron chi connectivity index (χ0n) is 39.0. The summed E-state index contributed by atoms with van der Waals surface area (Å²) in [6.45, 7) is 13.1. The number of aliphatic hydroxyl groups excluding tert-OH is 6. The Balaban J connectivity index is 0.939. The van der Waals surface area contributed by atoms with Crippen LogP contribution in [0, 0.1) is 12.8 Å². The molecule has 2 aromatic rings. The first-order valence-electron chi connectivity index (χ1n) is 23.4. The Bertz CT molecular complexity index is 2070. The van der Waals surface area contributed by atoms with E-state index in [9.17, 15) is 50.8 Å². The monoisotopic (exact) mass is 952 g/mol. The van der Waals surface area contributed by atoms with E-state index >= 15 is 0 Å². The third kappa shape index (κ3) is 10.2. The van der Waals surface area contributed by atoms with Gasteiger partial charge in [0.25, 0.3) is 0 Å². The lowest BCUT2D eigenvalue weighted by atomic mass is 9.79. The minimum Gasteiger partial charge on any atom is -0.507 e. The average molecular weight is 953 g/mol. The fourth-order valence-electron chi connectivity index (χ4n) is 10.4. The Hall–Kier alpha value is -2.87. The minimum absolute atomic E-state index is 0.00119. The predicted molar refractivity (Wildman–Crippen MR) is 231 cm³/mol. The van der Waals surface area contributed by atoms with Gasteiger partial charge in [-0.15, -0.1) is 0 Å². The molecule has 0 saturated carbocycles. The number of hydrogen-bond donors (Lipinski definition) is 9. The lowest BCUT2D eigenvalue weighted by molar-refractivity contribution is -0.334. The lowest BCUT2D eigenvalue weighted by Crippen LogP contribution is -2.58. The molecule has 2 aromatic carbocycles. The zero-order valence-corrected chi connectivity index (χ0v) is 39.0. The third-order valence-electron chi connectivity index (χ3n) is 14.4. The van der Waals surface area contributed by atoms with Gasteiger partial charge in [-0.05, 0) is 83.9 Å². The number of carbonyl (C=O) groups is 1. The van der Waals surface area contributed by atoms with Crippen molar-refractivity contribution < 1.29 is 98.1 Å². The zero-order chi connectivity index (χ0) is 48.5. The lowest BCUT2D eigenvalue weighted by Gasteiger charge is -2.46. The number of rotatable bonds is 10. The molecule has 0 amide bonds. The van der Waals surface area contributed by atoms with Gasteiger partial charge in [0.1, 0.15) is 53.9 Å². The first-order valence-corrected chi connectivity index (χ1v) is 23.4. The second-order valence-electron chi connectivity index (χ2n) is 19.8. The molecule has 0 spiro atoms. The van der Waals surface area contributed by atoms with E-state index in [1.54, 1.807) is 53.7 Å². The molecule has 376 valence electrons. The number of Topliss-reactive ketones (excluding diaryl/α,β-unsaturated/α-hetero) is 1. The van der Waals surface area contributed by atoms with Crippen LogP contribution < -0.4 is 4.74 Å². The second kappa shape index (κ2) is 19.7. The number of aliphatic hydroxyl groups is 7. The van der Waals surface area contributed by atoms with E-state index < -0.39 is 146 Å². The molecule has 8 rings (SSSR count). The standard InChI is InChI=1S/C47H68O20/c1-17-9-24-10-25-11-27(63-32-13-28(40(51)20(4)59-32)64-31-12-26(48)39(50)19(3)58-31)18(2)38(49)36(25)43(54)37(24)44(55)45(17)67-34-15-29(41(52)22(6)61-34)65-33-14-30(42(53)21(5)60-33)66-35-16-47(8,57)46(56)23(7)62-35/h10-11,17,19-23,26,28-35,39-42,45-46,48-54,56-57H,9,12-16H2,1-8H3/t17?,19?,20?,21?,22?,23?,26?,28?,29?,30?,31?,32?,33?,34?,35?,39?,40?,41?,42?,45-,46?,47?/m0/s1. The van der Waals surface area contributed by atoms with Gasteiger partial charge in [-0.3, -0.25) is 4.79 Å². The van der Waals surface area contributed by atoms with Crippen molar-refractivity contribution in [2.75, 3.05) is 0 Å². The first kappa shape index (κ1) is 50.5. The highest BCUT2D eigenvalue weighted by Gasteiger charge is 2.49. The van der Waals surface area contributed by atoms with Crippen LogP contribution in [0.15, 0.2) is 12.1 Å². The summed E-state index contributed by atoms with van der Waals surface area (Å²) in [7, 11) is 0. The van der Waals surface area contributed by atoms with Crippen molar-refractivity contribution in [2.24, 2.45) is 5.92 Å². The molecule has 5 heterocycles. The van der Waals surface area contributed by atoms with Gasteiger partial charge in [0.2, 0.25) is 6.29 Å². The van der Waals surface area contributed by atoms with Gasteiger partial charge in [0.05, 0.1) is 71.5 Å². The molecule has 6 aliphatic rings. The molecule has 0 radical (unpaired) electrons. The normalized spacial score (nSPS) is 45.2. The summed E-state index contributed by atoms with van der Waals surface area (Å²) in [4.78, 5) is 14.4. The van der Waals surface area contributed by atoms with Gasteiger partial charge in [-0.25, -0.2) is 0 Å². The number of hydrogen-bond acceptors (Lipinski definition) is 20. The molecule has 67 heavy (non-hydrogen) atoms. The van der Waals surface area contributed by atoms with Crippen LogP contribution >= 0.6 is 0 Å². The number of fused-ring (bicyclic) bond motifs is 2. The highest BCUT2D eigenvalue weighted by molar-refractivity contribution is 6.11. The maximum absolute atomic E-state index is 14.4. The number of ketones is 1. The number of phenols is 2. The smallest absolute Gasteiger partial charge is 0.202 e.